The SMILES string of the molecule is CC12CCC3C(=CCc4cc(O)ccc43)C1CCC2=O.COc1c(CC(=O)c2cc3c(cc2O)OC(C)(C)C(O)C3)ccc2c1C=CC(C)(C)O2. The molecule has 0 radical (unpaired) electrons. The minimum atomic E-state index is -0.758. The number of phenolic OH excluding ortho intramolecular Hbond substituents is 2. The molecule has 0 spiro atoms. The smallest absolute Gasteiger partial charge is 0.171 e. The van der Waals surface area contributed by atoms with Crippen molar-refractivity contribution in [2.24, 2.45) is 11.3 Å². The van der Waals surface area contributed by atoms with Crippen LogP contribution in [0.4, 0.5) is 0 Å². The molecule has 0 saturated heterocycles. The Morgan fingerprint density at radius 3 is 2.51 bits per heavy atom. The van der Waals surface area contributed by atoms with Gasteiger partial charge in [-0.3, -0.25) is 9.59 Å². The second-order valence-electron chi connectivity index (χ2n) is 16.0. The standard InChI is InChI=1S/C25H28O6.C18H20O2/c1-24(2)9-8-16-20(30-24)7-6-14(23(16)29-5)11-18(26)17-10-15-12-22(28)25(3,4)31-21(15)13-19(17)27;1-18-9-8-14-13-5-3-12(19)10-11(13)2-4-15(14)16(18)6-7-17(18)20/h6-10,13,22,27-28H,11-12H2,1-5H3;3-5,10,14,16,19H,2,6-9H2,1H3. The Balaban J connectivity index is 0.000000174. The number of aliphatic hydroxyl groups is 1. The van der Waals surface area contributed by atoms with Crippen molar-refractivity contribution in [3.8, 4) is 28.7 Å². The molecule has 3 N–H and O–H groups in total. The van der Waals surface area contributed by atoms with Gasteiger partial charge in [0.1, 0.15) is 45.7 Å². The minimum absolute atomic E-state index is 0.0505. The number of hydrogen-bond acceptors (Lipinski definition) is 8. The number of rotatable bonds is 4. The van der Waals surface area contributed by atoms with E-state index in [0.29, 0.717) is 58.2 Å². The number of aromatic hydroxyl groups is 2. The van der Waals surface area contributed by atoms with Crippen LogP contribution in [0.3, 0.4) is 0 Å². The molecule has 8 heteroatoms. The maximum absolute atomic E-state index is 13.1. The summed E-state index contributed by atoms with van der Waals surface area (Å²) in [5, 5.41) is 30.5. The summed E-state index contributed by atoms with van der Waals surface area (Å²) in [4.78, 5) is 25.3. The van der Waals surface area contributed by atoms with Gasteiger partial charge in [0, 0.05) is 42.2 Å². The Bertz CT molecular complexity index is 1980. The third kappa shape index (κ3) is 6.22. The molecule has 3 aromatic rings. The first-order valence-corrected chi connectivity index (χ1v) is 18.0. The Labute approximate surface area is 299 Å². The van der Waals surface area contributed by atoms with Crippen molar-refractivity contribution < 1.29 is 39.1 Å². The first-order chi connectivity index (χ1) is 24.1. The predicted octanol–water partition coefficient (Wildman–Crippen LogP) is 7.82. The van der Waals surface area contributed by atoms with Crippen LogP contribution in [0.5, 0.6) is 28.7 Å². The van der Waals surface area contributed by atoms with Gasteiger partial charge in [-0.25, -0.2) is 0 Å². The van der Waals surface area contributed by atoms with Crippen LogP contribution in [0.2, 0.25) is 0 Å². The number of carbonyl (C=O) groups excluding carboxylic acids is 2. The van der Waals surface area contributed by atoms with Gasteiger partial charge in [-0.05, 0) is 112 Å². The Hall–Kier alpha value is -4.56. The van der Waals surface area contributed by atoms with E-state index in [2.05, 4.69) is 19.1 Å². The molecule has 268 valence electrons. The Kier molecular flexibility index (Phi) is 8.61. The zero-order valence-corrected chi connectivity index (χ0v) is 30.3. The zero-order chi connectivity index (χ0) is 36.5. The number of aliphatic hydroxyl groups excluding tert-OH is 1. The summed E-state index contributed by atoms with van der Waals surface area (Å²) in [5.41, 5.74) is 5.25. The minimum Gasteiger partial charge on any atom is -0.508 e. The average molecular weight is 693 g/mol. The van der Waals surface area contributed by atoms with Gasteiger partial charge < -0.3 is 29.5 Å². The van der Waals surface area contributed by atoms with Gasteiger partial charge in [0.25, 0.3) is 0 Å². The molecule has 4 unspecified atom stereocenters. The summed E-state index contributed by atoms with van der Waals surface area (Å²) in [6.45, 7) is 9.70. The van der Waals surface area contributed by atoms with E-state index in [-0.39, 0.29) is 28.9 Å². The maximum atomic E-state index is 13.1. The van der Waals surface area contributed by atoms with Crippen LogP contribution in [0.1, 0.15) is 104 Å². The molecule has 0 aromatic heterocycles. The van der Waals surface area contributed by atoms with Gasteiger partial charge in [0.05, 0.1) is 24.3 Å². The molecule has 2 heterocycles. The highest BCUT2D eigenvalue weighted by Gasteiger charge is 2.52. The molecule has 2 saturated carbocycles. The monoisotopic (exact) mass is 692 g/mol. The van der Waals surface area contributed by atoms with Crippen molar-refractivity contribution in [3.63, 3.8) is 0 Å². The largest absolute Gasteiger partial charge is 0.508 e. The Morgan fingerprint density at radius 1 is 0.961 bits per heavy atom. The van der Waals surface area contributed by atoms with Gasteiger partial charge in [-0.15, -0.1) is 0 Å². The highest BCUT2D eigenvalue weighted by molar-refractivity contribution is 6.01. The summed E-state index contributed by atoms with van der Waals surface area (Å²) in [7, 11) is 1.56. The molecule has 8 rings (SSSR count). The number of hydrogen-bond donors (Lipinski definition) is 3. The third-order valence-electron chi connectivity index (χ3n) is 11.8. The fourth-order valence-electron chi connectivity index (χ4n) is 8.75. The summed E-state index contributed by atoms with van der Waals surface area (Å²) in [5.74, 6) is 3.13. The van der Waals surface area contributed by atoms with Gasteiger partial charge >= 0.3 is 0 Å². The van der Waals surface area contributed by atoms with Crippen LogP contribution in [0.25, 0.3) is 6.08 Å². The lowest BCUT2D eigenvalue weighted by Gasteiger charge is -2.43. The first kappa shape index (κ1) is 34.9. The summed E-state index contributed by atoms with van der Waals surface area (Å²) in [6, 6.07) is 12.5. The normalized spacial score (nSPS) is 26.0. The van der Waals surface area contributed by atoms with Gasteiger partial charge in [-0.2, -0.15) is 0 Å². The molecule has 4 atom stereocenters. The van der Waals surface area contributed by atoms with Gasteiger partial charge in [0.15, 0.2) is 5.78 Å². The van der Waals surface area contributed by atoms with Crippen LogP contribution in [0, 0.1) is 11.3 Å². The topological polar surface area (TPSA) is 123 Å². The molecular formula is C43H48O8. The zero-order valence-electron chi connectivity index (χ0n) is 30.3. The highest BCUT2D eigenvalue weighted by Crippen LogP contribution is 2.58. The van der Waals surface area contributed by atoms with Crippen LogP contribution in [0.15, 0.2) is 60.2 Å². The molecule has 2 aliphatic heterocycles. The number of ketones is 2. The van der Waals surface area contributed by atoms with Crippen molar-refractivity contribution in [1.29, 1.82) is 0 Å². The summed E-state index contributed by atoms with van der Waals surface area (Å²) >= 11 is 0. The fraction of sp³-hybridized carbons (Fsp3) is 0.442. The number of fused-ring (bicyclic) bond motifs is 7. The van der Waals surface area contributed by atoms with E-state index >= 15 is 0 Å². The van der Waals surface area contributed by atoms with E-state index in [1.165, 1.54) is 22.8 Å². The van der Waals surface area contributed by atoms with E-state index in [4.69, 9.17) is 14.2 Å². The lowest BCUT2D eigenvalue weighted by Crippen LogP contribution is -2.46. The highest BCUT2D eigenvalue weighted by atomic mass is 16.5. The van der Waals surface area contributed by atoms with Crippen LogP contribution >= 0.6 is 0 Å². The average Bonchev–Trinajstić information content (AvgIpc) is 3.38. The second kappa shape index (κ2) is 12.6. The third-order valence-corrected chi connectivity index (χ3v) is 11.8. The van der Waals surface area contributed by atoms with E-state index in [0.717, 1.165) is 37.7 Å². The van der Waals surface area contributed by atoms with Crippen molar-refractivity contribution >= 4 is 17.6 Å². The van der Waals surface area contributed by atoms with E-state index in [9.17, 15) is 24.9 Å². The number of allylic oxidation sites excluding steroid dienone is 2. The van der Waals surface area contributed by atoms with E-state index in [1.807, 2.05) is 44.2 Å². The lowest BCUT2D eigenvalue weighted by atomic mass is 9.60. The van der Waals surface area contributed by atoms with Crippen molar-refractivity contribution in [2.45, 2.75) is 103 Å². The fourth-order valence-corrected chi connectivity index (χ4v) is 8.75. The number of phenols is 2. The molecule has 3 aromatic carbocycles. The summed E-state index contributed by atoms with van der Waals surface area (Å²) in [6.07, 6.45) is 10.7. The van der Waals surface area contributed by atoms with Crippen molar-refractivity contribution in [1.82, 2.24) is 0 Å². The van der Waals surface area contributed by atoms with Crippen molar-refractivity contribution in [3.05, 3.63) is 93.6 Å². The molecule has 51 heavy (non-hydrogen) atoms. The van der Waals surface area contributed by atoms with Crippen LogP contribution in [-0.2, 0) is 24.1 Å². The van der Waals surface area contributed by atoms with Gasteiger partial charge in [0.2, 0.25) is 0 Å². The lowest BCUT2D eigenvalue weighted by molar-refractivity contribution is -0.126. The Morgan fingerprint density at radius 2 is 1.75 bits per heavy atom. The number of methoxy groups -OCH3 is 1. The molecule has 0 amide bonds. The predicted molar refractivity (Wildman–Crippen MR) is 195 cm³/mol. The second-order valence-corrected chi connectivity index (χ2v) is 16.0. The van der Waals surface area contributed by atoms with E-state index < -0.39 is 17.3 Å². The quantitative estimate of drug-likeness (QED) is 0.187. The van der Waals surface area contributed by atoms with Crippen molar-refractivity contribution in [2.75, 3.05) is 7.11 Å². The first-order valence-electron chi connectivity index (χ1n) is 18.0. The van der Waals surface area contributed by atoms with Crippen LogP contribution in [-0.4, -0.2) is 51.3 Å². The molecule has 2 fully saturated rings. The van der Waals surface area contributed by atoms with E-state index in [1.54, 1.807) is 33.1 Å². The van der Waals surface area contributed by atoms with Crippen LogP contribution < -0.4 is 14.2 Å². The maximum Gasteiger partial charge on any atom is 0.171 e. The number of benzene rings is 3. The number of Topliss-reactive ketones (excluding diaryl/α,β-unsaturated/α-hetero) is 2. The molecule has 5 aliphatic rings. The number of carbonyl (C=O) groups is 2. The molecule has 8 nitrogen and oxygen atoms in total. The molecular weight excluding hydrogens is 644 g/mol. The van der Waals surface area contributed by atoms with Gasteiger partial charge in [-0.1, -0.05) is 30.7 Å². The molecule has 3 aliphatic carbocycles. The number of ether oxygens (including phenoxy) is 3. The summed E-state index contributed by atoms with van der Waals surface area (Å²) < 4.78 is 17.4. The molecule has 0 bridgehead atoms.